The minimum absolute atomic E-state index is 0.322. The smallest absolute Gasteiger partial charge is 0.378 e. The summed E-state index contributed by atoms with van der Waals surface area (Å²) in [6.07, 6.45) is -4.91. The van der Waals surface area contributed by atoms with Gasteiger partial charge >= 0.3 is 6.18 Å². The first kappa shape index (κ1) is 23.2. The molecular formula is C24H20F3N5O2. The third-order valence-electron chi connectivity index (χ3n) is 5.02. The van der Waals surface area contributed by atoms with Crippen LogP contribution < -0.4 is 4.90 Å². The number of Topliss-reactive ketones (excluding diaryl/α,β-unsaturated/α-hetero) is 1. The molecule has 34 heavy (non-hydrogen) atoms. The van der Waals surface area contributed by atoms with Gasteiger partial charge in [-0.15, -0.1) is 0 Å². The highest BCUT2D eigenvalue weighted by Crippen LogP contribution is 2.26. The molecule has 1 heterocycles. The summed E-state index contributed by atoms with van der Waals surface area (Å²) in [5, 5.41) is 16.5. The molecule has 174 valence electrons. The van der Waals surface area contributed by atoms with Crippen LogP contribution in [0.3, 0.4) is 0 Å². The maximum atomic E-state index is 12.5. The van der Waals surface area contributed by atoms with Gasteiger partial charge in [0.05, 0.1) is 36.0 Å². The van der Waals surface area contributed by atoms with Crippen molar-refractivity contribution >= 4 is 34.2 Å². The normalized spacial score (nSPS) is 14.7. The predicted molar refractivity (Wildman–Crippen MR) is 121 cm³/mol. The summed E-state index contributed by atoms with van der Waals surface area (Å²) in [5.41, 5.74) is 2.89. The number of ether oxygens (including phenoxy) is 1. The Morgan fingerprint density at radius 1 is 0.676 bits per heavy atom. The van der Waals surface area contributed by atoms with E-state index >= 15 is 0 Å². The summed E-state index contributed by atoms with van der Waals surface area (Å²) < 4.78 is 42.8. The third-order valence-corrected chi connectivity index (χ3v) is 5.02. The number of benzene rings is 3. The average Bonchev–Trinajstić information content (AvgIpc) is 2.87. The summed E-state index contributed by atoms with van der Waals surface area (Å²) in [7, 11) is 0. The van der Waals surface area contributed by atoms with Gasteiger partial charge in [0.2, 0.25) is 0 Å². The van der Waals surface area contributed by atoms with Crippen molar-refractivity contribution in [3.8, 4) is 0 Å². The fourth-order valence-corrected chi connectivity index (χ4v) is 3.21. The second-order valence-corrected chi connectivity index (χ2v) is 7.41. The monoisotopic (exact) mass is 467 g/mol. The number of hydrogen-bond acceptors (Lipinski definition) is 7. The minimum atomic E-state index is -4.91. The van der Waals surface area contributed by atoms with Crippen LogP contribution in [0.25, 0.3) is 0 Å². The lowest BCUT2D eigenvalue weighted by Gasteiger charge is -2.28. The molecule has 7 nitrogen and oxygen atoms in total. The standard InChI is InChI=1S/C24H20F3N5O2/c25-24(26,27)23(33)17-1-3-18(4-2-17)28-29-19-5-7-20(8-6-19)30-31-21-9-11-22(12-10-21)32-13-15-34-16-14-32/h1-12H,13-16H2. The SMILES string of the molecule is O=C(c1ccc(N=Nc2ccc(N=Nc3ccc(N4CCOCC4)cc3)cc2)cc1)C(F)(F)F. The molecule has 3 aromatic rings. The highest BCUT2D eigenvalue weighted by atomic mass is 19.4. The molecule has 4 rings (SSSR count). The van der Waals surface area contributed by atoms with Crippen LogP contribution in [0.4, 0.5) is 41.6 Å². The van der Waals surface area contributed by atoms with Gasteiger partial charge in [0, 0.05) is 24.3 Å². The molecule has 10 heteroatoms. The number of ketones is 1. The zero-order valence-electron chi connectivity index (χ0n) is 17.9. The van der Waals surface area contributed by atoms with Gasteiger partial charge in [-0.25, -0.2) is 0 Å². The Morgan fingerprint density at radius 3 is 1.47 bits per heavy atom. The van der Waals surface area contributed by atoms with Gasteiger partial charge < -0.3 is 9.64 Å². The molecule has 0 saturated carbocycles. The molecule has 3 aromatic carbocycles. The number of hydrogen-bond donors (Lipinski definition) is 0. The third kappa shape index (κ3) is 6.10. The van der Waals surface area contributed by atoms with Gasteiger partial charge in [0.1, 0.15) is 0 Å². The van der Waals surface area contributed by atoms with E-state index in [9.17, 15) is 18.0 Å². The molecule has 0 radical (unpaired) electrons. The molecule has 1 aliphatic rings. The number of morpholine rings is 1. The van der Waals surface area contributed by atoms with E-state index in [1.807, 2.05) is 24.3 Å². The molecule has 0 bridgehead atoms. The number of nitrogens with zero attached hydrogens (tertiary/aromatic N) is 5. The fraction of sp³-hybridized carbons (Fsp3) is 0.208. The first-order chi connectivity index (χ1) is 16.4. The van der Waals surface area contributed by atoms with Crippen LogP contribution in [0.5, 0.6) is 0 Å². The molecule has 0 unspecified atom stereocenters. The highest BCUT2D eigenvalue weighted by Gasteiger charge is 2.39. The van der Waals surface area contributed by atoms with Gasteiger partial charge in [-0.3, -0.25) is 4.79 Å². The molecule has 0 N–H and O–H groups in total. The summed E-state index contributed by atoms with van der Waals surface area (Å²) >= 11 is 0. The zero-order valence-corrected chi connectivity index (χ0v) is 17.9. The Bertz CT molecular complexity index is 1170. The van der Waals surface area contributed by atoms with E-state index in [1.165, 1.54) is 12.1 Å². The Labute approximate surface area is 193 Å². The first-order valence-corrected chi connectivity index (χ1v) is 10.5. The molecule has 0 aromatic heterocycles. The van der Waals surface area contributed by atoms with Crippen molar-refractivity contribution in [3.63, 3.8) is 0 Å². The maximum absolute atomic E-state index is 12.5. The van der Waals surface area contributed by atoms with Crippen LogP contribution in [0.2, 0.25) is 0 Å². The summed E-state index contributed by atoms with van der Waals surface area (Å²) in [6, 6.07) is 19.4. The van der Waals surface area contributed by atoms with Gasteiger partial charge in [-0.2, -0.15) is 33.6 Å². The molecule has 1 aliphatic heterocycles. The largest absolute Gasteiger partial charge is 0.454 e. The van der Waals surface area contributed by atoms with E-state index in [0.29, 0.717) is 17.1 Å². The minimum Gasteiger partial charge on any atom is -0.378 e. The topological polar surface area (TPSA) is 79.0 Å². The van der Waals surface area contributed by atoms with Crippen LogP contribution in [0.1, 0.15) is 10.4 Å². The molecule has 0 aliphatic carbocycles. The van der Waals surface area contributed by atoms with Crippen molar-refractivity contribution in [2.45, 2.75) is 6.18 Å². The van der Waals surface area contributed by atoms with Crippen LogP contribution in [-0.2, 0) is 4.74 Å². The summed E-state index contributed by atoms with van der Waals surface area (Å²) in [6.45, 7) is 3.19. The summed E-state index contributed by atoms with van der Waals surface area (Å²) in [5.74, 6) is -1.89. The van der Waals surface area contributed by atoms with Crippen LogP contribution in [-0.4, -0.2) is 38.3 Å². The summed E-state index contributed by atoms with van der Waals surface area (Å²) in [4.78, 5) is 13.5. The number of azo groups is 2. The van der Waals surface area contributed by atoms with Crippen LogP contribution in [0.15, 0.2) is 93.3 Å². The molecule has 0 amide bonds. The van der Waals surface area contributed by atoms with Gasteiger partial charge in [0.25, 0.3) is 5.78 Å². The number of carbonyl (C=O) groups is 1. The molecule has 1 saturated heterocycles. The van der Waals surface area contributed by atoms with E-state index in [-0.39, 0.29) is 0 Å². The second-order valence-electron chi connectivity index (χ2n) is 7.41. The predicted octanol–water partition coefficient (Wildman–Crippen LogP) is 7.10. The van der Waals surface area contributed by atoms with E-state index in [0.717, 1.165) is 49.8 Å². The lowest BCUT2D eigenvalue weighted by Crippen LogP contribution is -2.36. The van der Waals surface area contributed by atoms with E-state index < -0.39 is 17.5 Å². The Morgan fingerprint density at radius 2 is 1.06 bits per heavy atom. The maximum Gasteiger partial charge on any atom is 0.454 e. The van der Waals surface area contributed by atoms with Gasteiger partial charge in [0.15, 0.2) is 0 Å². The number of anilines is 1. The molecule has 0 spiro atoms. The van der Waals surface area contributed by atoms with Crippen molar-refractivity contribution in [1.82, 2.24) is 0 Å². The number of carbonyl (C=O) groups excluding carboxylic acids is 1. The fourth-order valence-electron chi connectivity index (χ4n) is 3.21. The number of alkyl halides is 3. The number of halogens is 3. The second kappa shape index (κ2) is 10.3. The number of rotatable bonds is 6. The molecule has 0 atom stereocenters. The van der Waals surface area contributed by atoms with E-state index in [1.54, 1.807) is 24.3 Å². The Hall–Kier alpha value is -3.92. The quantitative estimate of drug-likeness (QED) is 0.286. The van der Waals surface area contributed by atoms with E-state index in [4.69, 9.17) is 4.74 Å². The molecule has 1 fully saturated rings. The van der Waals surface area contributed by atoms with Crippen molar-refractivity contribution < 1.29 is 22.7 Å². The Kier molecular flexibility index (Phi) is 7.07. The zero-order chi connectivity index (χ0) is 24.0. The van der Waals surface area contributed by atoms with Gasteiger partial charge in [-0.05, 0) is 72.8 Å². The van der Waals surface area contributed by atoms with Crippen molar-refractivity contribution in [3.05, 3.63) is 78.4 Å². The average molecular weight is 467 g/mol. The van der Waals surface area contributed by atoms with Gasteiger partial charge in [-0.1, -0.05) is 0 Å². The lowest BCUT2D eigenvalue weighted by atomic mass is 10.1. The van der Waals surface area contributed by atoms with Crippen LogP contribution in [0, 0.1) is 0 Å². The Balaban J connectivity index is 1.34. The first-order valence-electron chi connectivity index (χ1n) is 10.5. The molecular weight excluding hydrogens is 447 g/mol. The lowest BCUT2D eigenvalue weighted by molar-refractivity contribution is -0.0885. The van der Waals surface area contributed by atoms with Crippen LogP contribution >= 0.6 is 0 Å². The van der Waals surface area contributed by atoms with Crippen molar-refractivity contribution in [1.29, 1.82) is 0 Å². The van der Waals surface area contributed by atoms with Crippen molar-refractivity contribution in [2.75, 3.05) is 31.2 Å². The van der Waals surface area contributed by atoms with Crippen molar-refractivity contribution in [2.24, 2.45) is 20.5 Å². The van der Waals surface area contributed by atoms with E-state index in [2.05, 4.69) is 25.4 Å². The highest BCUT2D eigenvalue weighted by molar-refractivity contribution is 6.00.